The van der Waals surface area contributed by atoms with Crippen LogP contribution in [0.3, 0.4) is 0 Å². The van der Waals surface area contributed by atoms with Crippen LogP contribution in [0.15, 0.2) is 0 Å². The van der Waals surface area contributed by atoms with Crippen LogP contribution in [0.5, 0.6) is 0 Å². The van der Waals surface area contributed by atoms with Crippen molar-refractivity contribution < 1.29 is 14.3 Å². The monoisotopic (exact) mass is 284 g/mol. The molecule has 1 amide bonds. The number of amides is 1. The smallest absolute Gasteiger partial charge is 0.224 e. The second kappa shape index (κ2) is 8.60. The van der Waals surface area contributed by atoms with Crippen molar-refractivity contribution in [2.75, 3.05) is 40.0 Å². The number of nitrogens with one attached hydrogen (secondary N) is 1. The molecule has 20 heavy (non-hydrogen) atoms. The molecule has 0 bridgehead atoms. The molecule has 2 heterocycles. The highest BCUT2D eigenvalue weighted by Crippen LogP contribution is 2.17. The Bertz CT molecular complexity index is 285. The fraction of sp³-hybridized carbons (Fsp3) is 0.933. The molecule has 2 aliphatic heterocycles. The molecule has 0 aromatic rings. The van der Waals surface area contributed by atoms with Crippen molar-refractivity contribution in [3.8, 4) is 0 Å². The fourth-order valence-corrected chi connectivity index (χ4v) is 3.00. The number of methoxy groups -OCH3 is 1. The van der Waals surface area contributed by atoms with Crippen molar-refractivity contribution in [3.63, 3.8) is 0 Å². The van der Waals surface area contributed by atoms with Gasteiger partial charge in [0.2, 0.25) is 5.91 Å². The van der Waals surface area contributed by atoms with Crippen LogP contribution in [0.4, 0.5) is 0 Å². The highest BCUT2D eigenvalue weighted by Gasteiger charge is 2.25. The van der Waals surface area contributed by atoms with Crippen LogP contribution in [-0.2, 0) is 14.3 Å². The van der Waals surface area contributed by atoms with E-state index in [1.54, 1.807) is 7.11 Å². The highest BCUT2D eigenvalue weighted by molar-refractivity contribution is 5.77. The molecule has 1 N–H and O–H groups in total. The van der Waals surface area contributed by atoms with Gasteiger partial charge in [0.15, 0.2) is 0 Å². The second-order valence-corrected chi connectivity index (χ2v) is 5.79. The molecular weight excluding hydrogens is 256 g/mol. The summed E-state index contributed by atoms with van der Waals surface area (Å²) < 4.78 is 10.8. The van der Waals surface area contributed by atoms with Crippen molar-refractivity contribution in [1.82, 2.24) is 10.2 Å². The summed E-state index contributed by atoms with van der Waals surface area (Å²) in [6, 6.07) is 0.408. The third kappa shape index (κ3) is 5.04. The number of carbonyl (C=O) groups excluding carboxylic acids is 1. The van der Waals surface area contributed by atoms with Gasteiger partial charge in [-0.2, -0.15) is 0 Å². The van der Waals surface area contributed by atoms with Crippen LogP contribution >= 0.6 is 0 Å². The molecule has 5 nitrogen and oxygen atoms in total. The first-order valence-electron chi connectivity index (χ1n) is 7.91. The Morgan fingerprint density at radius 2 is 2.05 bits per heavy atom. The molecular formula is C15H28N2O3. The van der Waals surface area contributed by atoms with E-state index in [4.69, 9.17) is 9.47 Å². The molecule has 2 fully saturated rings. The van der Waals surface area contributed by atoms with Crippen LogP contribution < -0.4 is 5.32 Å². The van der Waals surface area contributed by atoms with Gasteiger partial charge in [-0.25, -0.2) is 0 Å². The van der Waals surface area contributed by atoms with Gasteiger partial charge >= 0.3 is 0 Å². The average Bonchev–Trinajstić information content (AvgIpc) is 2.97. The maximum atomic E-state index is 12.2. The third-order valence-corrected chi connectivity index (χ3v) is 4.22. The summed E-state index contributed by atoms with van der Waals surface area (Å²) >= 11 is 0. The van der Waals surface area contributed by atoms with Gasteiger partial charge in [0.1, 0.15) is 0 Å². The number of likely N-dealkylation sites (tertiary alicyclic amines) is 1. The van der Waals surface area contributed by atoms with E-state index in [1.807, 2.05) is 4.90 Å². The Morgan fingerprint density at radius 3 is 2.70 bits per heavy atom. The second-order valence-electron chi connectivity index (χ2n) is 5.79. The van der Waals surface area contributed by atoms with E-state index >= 15 is 0 Å². The number of rotatable bonds is 7. The maximum absolute atomic E-state index is 12.2. The molecule has 2 aliphatic rings. The fourth-order valence-electron chi connectivity index (χ4n) is 3.00. The van der Waals surface area contributed by atoms with Crippen LogP contribution in [0, 0.1) is 0 Å². The van der Waals surface area contributed by atoms with Crippen LogP contribution in [0.1, 0.15) is 38.5 Å². The standard InChI is InChI=1S/C15H28N2O3/c1-19-10-3-11-20-14-5-8-17(9-6-14)15(18)12-13-4-2-7-16-13/h13-14,16H,2-12H2,1H3. The Balaban J connectivity index is 1.59. The van der Waals surface area contributed by atoms with Gasteiger partial charge < -0.3 is 19.7 Å². The van der Waals surface area contributed by atoms with Crippen molar-refractivity contribution >= 4 is 5.91 Å². The predicted molar refractivity (Wildman–Crippen MR) is 77.7 cm³/mol. The van der Waals surface area contributed by atoms with Crippen LogP contribution in [0.2, 0.25) is 0 Å². The number of ether oxygens (including phenoxy) is 2. The number of carbonyl (C=O) groups is 1. The molecule has 1 atom stereocenters. The summed E-state index contributed by atoms with van der Waals surface area (Å²) in [5.41, 5.74) is 0. The third-order valence-electron chi connectivity index (χ3n) is 4.22. The van der Waals surface area contributed by atoms with E-state index in [-0.39, 0.29) is 0 Å². The maximum Gasteiger partial charge on any atom is 0.224 e. The normalized spacial score (nSPS) is 24.2. The molecule has 1 unspecified atom stereocenters. The summed E-state index contributed by atoms with van der Waals surface area (Å²) in [5.74, 6) is 0.308. The Labute approximate surface area is 122 Å². The largest absolute Gasteiger partial charge is 0.385 e. The van der Waals surface area contributed by atoms with E-state index in [2.05, 4.69) is 5.32 Å². The highest BCUT2D eigenvalue weighted by atomic mass is 16.5. The minimum absolute atomic E-state index is 0.308. The Kier molecular flexibility index (Phi) is 6.76. The quantitative estimate of drug-likeness (QED) is 0.713. The molecule has 0 aliphatic carbocycles. The van der Waals surface area contributed by atoms with E-state index in [0.717, 1.165) is 58.5 Å². The molecule has 0 spiro atoms. The molecule has 2 saturated heterocycles. The summed E-state index contributed by atoms with van der Waals surface area (Å²) in [6.07, 6.45) is 6.22. The van der Waals surface area contributed by atoms with Gasteiger partial charge in [-0.15, -0.1) is 0 Å². The zero-order chi connectivity index (χ0) is 14.2. The van der Waals surface area contributed by atoms with Gasteiger partial charge in [-0.3, -0.25) is 4.79 Å². The number of piperidine rings is 1. The molecule has 0 aromatic heterocycles. The predicted octanol–water partition coefficient (Wildman–Crippen LogP) is 1.17. The lowest BCUT2D eigenvalue weighted by molar-refractivity contribution is -0.134. The first-order valence-corrected chi connectivity index (χ1v) is 7.91. The van der Waals surface area contributed by atoms with Gasteiger partial charge in [-0.1, -0.05) is 0 Å². The van der Waals surface area contributed by atoms with E-state index in [9.17, 15) is 4.79 Å². The lowest BCUT2D eigenvalue weighted by Crippen LogP contribution is -2.42. The molecule has 0 saturated carbocycles. The van der Waals surface area contributed by atoms with Crippen LogP contribution in [0.25, 0.3) is 0 Å². The van der Waals surface area contributed by atoms with Gasteiger partial charge in [0, 0.05) is 45.9 Å². The zero-order valence-electron chi connectivity index (χ0n) is 12.6. The van der Waals surface area contributed by atoms with E-state index in [0.29, 0.717) is 24.5 Å². The van der Waals surface area contributed by atoms with E-state index < -0.39 is 0 Å². The number of hydrogen-bond donors (Lipinski definition) is 1. The first kappa shape index (κ1) is 15.7. The minimum Gasteiger partial charge on any atom is -0.385 e. The summed E-state index contributed by atoms with van der Waals surface area (Å²) in [5, 5.41) is 3.39. The minimum atomic E-state index is 0.308. The SMILES string of the molecule is COCCCOC1CCN(C(=O)CC2CCCN2)CC1. The number of hydrogen-bond acceptors (Lipinski definition) is 4. The molecule has 2 rings (SSSR count). The van der Waals surface area contributed by atoms with Gasteiger partial charge in [0.05, 0.1) is 6.10 Å². The van der Waals surface area contributed by atoms with Crippen molar-refractivity contribution in [2.24, 2.45) is 0 Å². The van der Waals surface area contributed by atoms with Gasteiger partial charge in [-0.05, 0) is 38.6 Å². The lowest BCUT2D eigenvalue weighted by Gasteiger charge is -2.32. The molecule has 116 valence electrons. The first-order chi connectivity index (χ1) is 9.79. The zero-order valence-corrected chi connectivity index (χ0v) is 12.6. The Morgan fingerprint density at radius 1 is 1.25 bits per heavy atom. The summed E-state index contributed by atoms with van der Waals surface area (Å²) in [4.78, 5) is 14.2. The topological polar surface area (TPSA) is 50.8 Å². The van der Waals surface area contributed by atoms with Crippen molar-refractivity contribution in [1.29, 1.82) is 0 Å². The van der Waals surface area contributed by atoms with Crippen LogP contribution in [-0.4, -0.2) is 62.9 Å². The van der Waals surface area contributed by atoms with Crippen molar-refractivity contribution in [2.45, 2.75) is 50.7 Å². The van der Waals surface area contributed by atoms with Gasteiger partial charge in [0.25, 0.3) is 0 Å². The molecule has 0 aromatic carbocycles. The summed E-state index contributed by atoms with van der Waals surface area (Å²) in [7, 11) is 1.71. The average molecular weight is 284 g/mol. The lowest BCUT2D eigenvalue weighted by atomic mass is 10.1. The van der Waals surface area contributed by atoms with Crippen molar-refractivity contribution in [3.05, 3.63) is 0 Å². The summed E-state index contributed by atoms with van der Waals surface area (Å²) in [6.45, 7) is 4.28. The molecule has 5 heteroatoms. The molecule has 0 radical (unpaired) electrons. The van der Waals surface area contributed by atoms with E-state index in [1.165, 1.54) is 6.42 Å². The Hall–Kier alpha value is -0.650. The number of nitrogens with zero attached hydrogens (tertiary/aromatic N) is 1.